The average Bonchev–Trinajstić information content (AvgIpc) is 2.73. The minimum absolute atomic E-state index is 0.0967. The van der Waals surface area contributed by atoms with E-state index < -0.39 is 11.6 Å². The van der Waals surface area contributed by atoms with Crippen molar-refractivity contribution in [3.63, 3.8) is 0 Å². The zero-order chi connectivity index (χ0) is 26.2. The normalized spacial score (nSPS) is 10.7. The van der Waals surface area contributed by atoms with Crippen molar-refractivity contribution in [2.75, 3.05) is 0 Å². The van der Waals surface area contributed by atoms with Crippen LogP contribution in [0.15, 0.2) is 48.5 Å². The van der Waals surface area contributed by atoms with Crippen LogP contribution in [0.2, 0.25) is 10.0 Å². The highest BCUT2D eigenvalue weighted by molar-refractivity contribution is 6.31. The van der Waals surface area contributed by atoms with Gasteiger partial charge in [-0.3, -0.25) is 0 Å². The predicted octanol–water partition coefficient (Wildman–Crippen LogP) is 10.6. The Hall–Kier alpha value is -2.04. The van der Waals surface area contributed by atoms with Gasteiger partial charge in [0.05, 0.1) is 5.02 Å². The molecule has 6 heteroatoms. The van der Waals surface area contributed by atoms with E-state index in [2.05, 4.69) is 0 Å². The van der Waals surface area contributed by atoms with Crippen LogP contribution in [-0.4, -0.2) is 0 Å². The molecule has 3 aromatic rings. The molecule has 0 spiro atoms. The van der Waals surface area contributed by atoms with Gasteiger partial charge in [0.25, 0.3) is 0 Å². The van der Waals surface area contributed by atoms with Gasteiger partial charge in [0, 0.05) is 10.6 Å². The van der Waals surface area contributed by atoms with Gasteiger partial charge in [-0.15, -0.1) is 0 Å². The fourth-order valence-electron chi connectivity index (χ4n) is 2.87. The van der Waals surface area contributed by atoms with Gasteiger partial charge < -0.3 is 0 Å². The second-order valence-corrected chi connectivity index (χ2v) is 9.76. The minimum atomic E-state index is -0.460. The third-order valence-corrected chi connectivity index (χ3v) is 5.64. The Morgan fingerprint density at radius 2 is 1.15 bits per heavy atom. The SMILES string of the molecule is CC(C)c1cc(F)cc(Cl)c1.CC(C)c1cccc(Cl)c1F.Cc1c(F)cc(C(C)C)cc1F. The van der Waals surface area contributed by atoms with Crippen LogP contribution in [-0.2, 0) is 0 Å². The van der Waals surface area contributed by atoms with Crippen molar-refractivity contribution in [2.45, 2.75) is 66.2 Å². The fourth-order valence-corrected chi connectivity index (χ4v) is 3.29. The average molecular weight is 515 g/mol. The van der Waals surface area contributed by atoms with Crippen molar-refractivity contribution in [1.29, 1.82) is 0 Å². The number of rotatable bonds is 3. The highest BCUT2D eigenvalue weighted by Crippen LogP contribution is 2.24. The Morgan fingerprint density at radius 1 is 0.647 bits per heavy atom. The minimum Gasteiger partial charge on any atom is -0.207 e. The topological polar surface area (TPSA) is 0 Å². The van der Waals surface area contributed by atoms with Crippen molar-refractivity contribution in [3.8, 4) is 0 Å². The van der Waals surface area contributed by atoms with Crippen LogP contribution >= 0.6 is 23.2 Å². The third-order valence-electron chi connectivity index (χ3n) is 5.12. The molecular formula is C28H32Cl2F4. The van der Waals surface area contributed by atoms with E-state index in [1.165, 1.54) is 31.2 Å². The maximum Gasteiger partial charge on any atom is 0.145 e. The van der Waals surface area contributed by atoms with Crippen LogP contribution in [0.1, 0.15) is 81.5 Å². The van der Waals surface area contributed by atoms with Crippen molar-refractivity contribution in [2.24, 2.45) is 0 Å². The number of benzene rings is 3. The summed E-state index contributed by atoms with van der Waals surface area (Å²) in [6, 6.07) is 12.5. The molecule has 186 valence electrons. The van der Waals surface area contributed by atoms with Crippen LogP contribution in [0, 0.1) is 30.2 Å². The lowest BCUT2D eigenvalue weighted by Gasteiger charge is -2.07. The smallest absolute Gasteiger partial charge is 0.145 e. The molecule has 0 amide bonds. The van der Waals surface area contributed by atoms with Crippen molar-refractivity contribution in [1.82, 2.24) is 0 Å². The molecule has 0 saturated carbocycles. The molecule has 0 bridgehead atoms. The van der Waals surface area contributed by atoms with E-state index in [4.69, 9.17) is 23.2 Å². The molecule has 0 aliphatic carbocycles. The first-order valence-corrected chi connectivity index (χ1v) is 11.9. The molecule has 0 fully saturated rings. The Labute approximate surface area is 210 Å². The molecule has 0 saturated heterocycles. The first kappa shape index (κ1) is 30.0. The molecule has 0 aromatic heterocycles. The van der Waals surface area contributed by atoms with Crippen molar-refractivity contribution < 1.29 is 17.6 Å². The Bertz CT molecular complexity index is 1030. The van der Waals surface area contributed by atoms with Crippen LogP contribution in [0.4, 0.5) is 17.6 Å². The van der Waals surface area contributed by atoms with E-state index in [1.807, 2.05) is 41.5 Å². The first-order valence-electron chi connectivity index (χ1n) is 11.1. The maximum atomic E-state index is 13.1. The summed E-state index contributed by atoms with van der Waals surface area (Å²) >= 11 is 11.2. The zero-order valence-electron chi connectivity index (χ0n) is 20.6. The molecule has 3 aromatic carbocycles. The van der Waals surface area contributed by atoms with Gasteiger partial charge in [-0.05, 0) is 77.8 Å². The van der Waals surface area contributed by atoms with E-state index >= 15 is 0 Å². The summed E-state index contributed by atoms with van der Waals surface area (Å²) in [6.45, 7) is 13.1. The molecule has 0 unspecified atom stereocenters. The molecule has 0 atom stereocenters. The summed E-state index contributed by atoms with van der Waals surface area (Å²) < 4.78 is 51.7. The first-order chi connectivity index (χ1) is 15.7. The third kappa shape index (κ3) is 9.31. The van der Waals surface area contributed by atoms with Crippen molar-refractivity contribution >= 4 is 23.2 Å². The second-order valence-electron chi connectivity index (χ2n) is 8.92. The molecule has 0 N–H and O–H groups in total. The predicted molar refractivity (Wildman–Crippen MR) is 136 cm³/mol. The van der Waals surface area contributed by atoms with Gasteiger partial charge in [-0.25, -0.2) is 17.6 Å². The van der Waals surface area contributed by atoms with E-state index in [-0.39, 0.29) is 34.1 Å². The van der Waals surface area contributed by atoms with Crippen LogP contribution in [0.25, 0.3) is 0 Å². The van der Waals surface area contributed by atoms with E-state index in [9.17, 15) is 17.6 Å². The summed E-state index contributed by atoms with van der Waals surface area (Å²) in [5.74, 6) is -0.797. The molecular weight excluding hydrogens is 483 g/mol. The molecule has 34 heavy (non-hydrogen) atoms. The number of hydrogen-bond acceptors (Lipinski definition) is 0. The highest BCUT2D eigenvalue weighted by atomic mass is 35.5. The standard InChI is InChI=1S/C10H12F2.2C9H10ClF/c1-6(2)8-4-9(11)7(3)10(12)5-8;1-6(2)7-3-8(10)5-9(11)4-7;1-6(2)7-4-3-5-8(10)9(7)11/h4-6H,1-3H3;2*3-6H,1-2H3. The summed E-state index contributed by atoms with van der Waals surface area (Å²) in [4.78, 5) is 0. The molecule has 0 aliphatic heterocycles. The van der Waals surface area contributed by atoms with E-state index in [0.29, 0.717) is 22.1 Å². The monoisotopic (exact) mass is 514 g/mol. The second kappa shape index (κ2) is 13.7. The fraction of sp³-hybridized carbons (Fsp3) is 0.357. The Kier molecular flexibility index (Phi) is 12.1. The quantitative estimate of drug-likeness (QED) is 0.305. The lowest BCUT2D eigenvalue weighted by Crippen LogP contribution is -1.94. The lowest BCUT2D eigenvalue weighted by atomic mass is 10.0. The van der Waals surface area contributed by atoms with Gasteiger partial charge in [0.1, 0.15) is 23.3 Å². The maximum absolute atomic E-state index is 13.1. The van der Waals surface area contributed by atoms with Crippen LogP contribution < -0.4 is 0 Å². The van der Waals surface area contributed by atoms with E-state index in [1.54, 1.807) is 24.3 Å². The van der Waals surface area contributed by atoms with Gasteiger partial charge in [0.2, 0.25) is 0 Å². The summed E-state index contributed by atoms with van der Waals surface area (Å²) in [7, 11) is 0. The van der Waals surface area contributed by atoms with Crippen LogP contribution in [0.3, 0.4) is 0 Å². The summed E-state index contributed by atoms with van der Waals surface area (Å²) in [6.07, 6.45) is 0. The largest absolute Gasteiger partial charge is 0.207 e. The number of hydrogen-bond donors (Lipinski definition) is 0. The zero-order valence-corrected chi connectivity index (χ0v) is 22.1. The van der Waals surface area contributed by atoms with Gasteiger partial charge in [-0.2, -0.15) is 0 Å². The van der Waals surface area contributed by atoms with Crippen LogP contribution in [0.5, 0.6) is 0 Å². The lowest BCUT2D eigenvalue weighted by molar-refractivity contribution is 0.562. The van der Waals surface area contributed by atoms with Gasteiger partial charge in [-0.1, -0.05) is 76.9 Å². The molecule has 0 radical (unpaired) electrons. The molecule has 0 aliphatic rings. The van der Waals surface area contributed by atoms with E-state index in [0.717, 1.165) is 5.56 Å². The summed E-state index contributed by atoms with van der Waals surface area (Å²) in [5.41, 5.74) is 2.42. The Morgan fingerprint density at radius 3 is 1.56 bits per heavy atom. The van der Waals surface area contributed by atoms with Gasteiger partial charge >= 0.3 is 0 Å². The summed E-state index contributed by atoms with van der Waals surface area (Å²) in [5, 5.41) is 0.671. The molecule has 0 nitrogen and oxygen atoms in total. The van der Waals surface area contributed by atoms with Gasteiger partial charge in [0.15, 0.2) is 0 Å². The molecule has 0 heterocycles. The molecule has 3 rings (SSSR count). The highest BCUT2D eigenvalue weighted by Gasteiger charge is 2.09. The van der Waals surface area contributed by atoms with Crippen molar-refractivity contribution in [3.05, 3.63) is 104 Å². The Balaban J connectivity index is 0.000000255. The number of halogens is 6.